The van der Waals surface area contributed by atoms with Gasteiger partial charge in [0.05, 0.1) is 6.54 Å². The second-order valence-corrected chi connectivity index (χ2v) is 8.48. The Labute approximate surface area is 157 Å². The molecule has 1 saturated carbocycles. The second kappa shape index (κ2) is 7.97. The Bertz CT molecular complexity index is 626. The van der Waals surface area contributed by atoms with Crippen LogP contribution in [0.15, 0.2) is 4.99 Å². The molecule has 1 aromatic heterocycles. The Morgan fingerprint density at radius 3 is 2.62 bits per heavy atom. The summed E-state index contributed by atoms with van der Waals surface area (Å²) < 4.78 is 2.30. The lowest BCUT2D eigenvalue weighted by Crippen LogP contribution is -2.50. The lowest BCUT2D eigenvalue weighted by Gasteiger charge is -2.44. The van der Waals surface area contributed by atoms with Gasteiger partial charge in [-0.25, -0.2) is 0 Å². The van der Waals surface area contributed by atoms with Crippen LogP contribution in [0.1, 0.15) is 75.9 Å². The van der Waals surface area contributed by atoms with E-state index < -0.39 is 0 Å². The van der Waals surface area contributed by atoms with Crippen LogP contribution >= 0.6 is 0 Å². The predicted octanol–water partition coefficient (Wildman–Crippen LogP) is 3.13. The molecule has 6 heteroatoms. The van der Waals surface area contributed by atoms with Gasteiger partial charge in [0.15, 0.2) is 11.8 Å². The molecule has 0 amide bonds. The zero-order valence-electron chi connectivity index (χ0n) is 16.3. The lowest BCUT2D eigenvalue weighted by molar-refractivity contribution is 0.115. The molecule has 144 valence electrons. The van der Waals surface area contributed by atoms with E-state index in [4.69, 9.17) is 0 Å². The summed E-state index contributed by atoms with van der Waals surface area (Å²) in [6.07, 6.45) is 14.7. The number of aromatic nitrogens is 3. The molecular weight excluding hydrogens is 324 g/mol. The first-order valence-electron chi connectivity index (χ1n) is 10.7. The number of guanidine groups is 1. The molecule has 0 radical (unpaired) electrons. The minimum Gasteiger partial charge on any atom is -0.349 e. The SMILES string of the molecule is CN=C(NCc1nnc2n1CCCC2)N1CCCC2(CCCCCC2)C1. The van der Waals surface area contributed by atoms with Crippen molar-refractivity contribution in [3.05, 3.63) is 11.6 Å². The molecule has 1 saturated heterocycles. The molecule has 1 aliphatic carbocycles. The smallest absolute Gasteiger partial charge is 0.194 e. The summed E-state index contributed by atoms with van der Waals surface area (Å²) in [5.41, 5.74) is 0.528. The maximum Gasteiger partial charge on any atom is 0.194 e. The molecule has 0 bridgehead atoms. The number of hydrogen-bond acceptors (Lipinski definition) is 3. The van der Waals surface area contributed by atoms with Crippen LogP contribution in [0.25, 0.3) is 0 Å². The third kappa shape index (κ3) is 3.74. The van der Waals surface area contributed by atoms with Crippen molar-refractivity contribution < 1.29 is 0 Å². The van der Waals surface area contributed by atoms with Gasteiger partial charge in [0.2, 0.25) is 0 Å². The monoisotopic (exact) mass is 358 g/mol. The highest BCUT2D eigenvalue weighted by Crippen LogP contribution is 2.42. The van der Waals surface area contributed by atoms with E-state index in [2.05, 4.69) is 30.0 Å². The Balaban J connectivity index is 1.40. The van der Waals surface area contributed by atoms with Gasteiger partial charge in [0.1, 0.15) is 5.82 Å². The maximum absolute atomic E-state index is 4.60. The molecule has 26 heavy (non-hydrogen) atoms. The van der Waals surface area contributed by atoms with E-state index in [1.165, 1.54) is 70.8 Å². The number of fused-ring (bicyclic) bond motifs is 1. The van der Waals surface area contributed by atoms with Crippen molar-refractivity contribution in [1.29, 1.82) is 0 Å². The molecule has 0 atom stereocenters. The highest BCUT2D eigenvalue weighted by atomic mass is 15.3. The Hall–Kier alpha value is -1.59. The highest BCUT2D eigenvalue weighted by molar-refractivity contribution is 5.80. The fraction of sp³-hybridized carbons (Fsp3) is 0.850. The number of hydrogen-bond donors (Lipinski definition) is 1. The van der Waals surface area contributed by atoms with E-state index >= 15 is 0 Å². The largest absolute Gasteiger partial charge is 0.349 e. The van der Waals surface area contributed by atoms with Crippen molar-refractivity contribution in [1.82, 2.24) is 25.0 Å². The molecule has 3 heterocycles. The van der Waals surface area contributed by atoms with Gasteiger partial charge in [-0.2, -0.15) is 0 Å². The van der Waals surface area contributed by atoms with E-state index in [0.29, 0.717) is 5.41 Å². The van der Waals surface area contributed by atoms with Gasteiger partial charge in [0.25, 0.3) is 0 Å². The lowest BCUT2D eigenvalue weighted by atomic mass is 9.74. The van der Waals surface area contributed by atoms with Crippen molar-refractivity contribution >= 4 is 5.96 Å². The molecule has 4 rings (SSSR count). The van der Waals surface area contributed by atoms with Gasteiger partial charge in [-0.15, -0.1) is 10.2 Å². The summed E-state index contributed by atoms with van der Waals surface area (Å²) in [7, 11) is 1.91. The van der Waals surface area contributed by atoms with E-state index in [1.54, 1.807) is 0 Å². The minimum atomic E-state index is 0.528. The Morgan fingerprint density at radius 2 is 1.81 bits per heavy atom. The average molecular weight is 359 g/mol. The Morgan fingerprint density at radius 1 is 1.00 bits per heavy atom. The quantitative estimate of drug-likeness (QED) is 0.652. The van der Waals surface area contributed by atoms with Crippen molar-refractivity contribution in [3.8, 4) is 0 Å². The first-order chi connectivity index (χ1) is 12.8. The maximum atomic E-state index is 4.60. The molecule has 2 fully saturated rings. The summed E-state index contributed by atoms with van der Waals surface area (Å²) in [5, 5.41) is 12.4. The van der Waals surface area contributed by atoms with Gasteiger partial charge < -0.3 is 14.8 Å². The van der Waals surface area contributed by atoms with Crippen LogP contribution in [0, 0.1) is 5.41 Å². The average Bonchev–Trinajstić information content (AvgIpc) is 2.96. The fourth-order valence-corrected chi connectivity index (χ4v) is 5.27. The van der Waals surface area contributed by atoms with Crippen molar-refractivity contribution in [2.75, 3.05) is 20.1 Å². The first-order valence-corrected chi connectivity index (χ1v) is 10.7. The van der Waals surface area contributed by atoms with Crippen LogP contribution in [0.2, 0.25) is 0 Å². The van der Waals surface area contributed by atoms with Crippen molar-refractivity contribution in [3.63, 3.8) is 0 Å². The van der Waals surface area contributed by atoms with Crippen LogP contribution in [0.4, 0.5) is 0 Å². The topological polar surface area (TPSA) is 58.3 Å². The summed E-state index contributed by atoms with van der Waals surface area (Å²) in [6.45, 7) is 4.08. The number of nitrogens with one attached hydrogen (secondary N) is 1. The summed E-state index contributed by atoms with van der Waals surface area (Å²) >= 11 is 0. The molecule has 1 N–H and O–H groups in total. The molecule has 0 aromatic carbocycles. The number of rotatable bonds is 2. The molecule has 2 aliphatic heterocycles. The summed E-state index contributed by atoms with van der Waals surface area (Å²) in [6, 6.07) is 0. The van der Waals surface area contributed by atoms with E-state index in [-0.39, 0.29) is 0 Å². The standard InChI is InChI=1S/C20H34N6/c1-21-19(22-15-18-24-23-17-9-4-7-14-26(17)18)25-13-8-12-20(16-25)10-5-2-3-6-11-20/h2-16H2,1H3,(H,21,22). The molecule has 1 aromatic rings. The first kappa shape index (κ1) is 17.8. The summed E-state index contributed by atoms with van der Waals surface area (Å²) in [4.78, 5) is 7.10. The molecule has 3 aliphatic rings. The number of piperidine rings is 1. The van der Waals surface area contributed by atoms with Gasteiger partial charge in [-0.1, -0.05) is 25.7 Å². The highest BCUT2D eigenvalue weighted by Gasteiger charge is 2.36. The summed E-state index contributed by atoms with van der Waals surface area (Å²) in [5.74, 6) is 3.25. The van der Waals surface area contributed by atoms with E-state index in [1.807, 2.05) is 7.05 Å². The third-order valence-electron chi connectivity index (χ3n) is 6.68. The van der Waals surface area contributed by atoms with Crippen LogP contribution in [-0.4, -0.2) is 45.8 Å². The second-order valence-electron chi connectivity index (χ2n) is 8.48. The van der Waals surface area contributed by atoms with Crippen LogP contribution < -0.4 is 5.32 Å². The number of aryl methyl sites for hydroxylation is 1. The zero-order valence-corrected chi connectivity index (χ0v) is 16.3. The number of likely N-dealkylation sites (tertiary alicyclic amines) is 1. The molecule has 0 unspecified atom stereocenters. The fourth-order valence-electron chi connectivity index (χ4n) is 5.27. The van der Waals surface area contributed by atoms with E-state index in [0.717, 1.165) is 43.7 Å². The van der Waals surface area contributed by atoms with Crippen molar-refractivity contribution in [2.24, 2.45) is 10.4 Å². The number of nitrogens with zero attached hydrogens (tertiary/aromatic N) is 5. The molecular formula is C20H34N6. The van der Waals surface area contributed by atoms with Gasteiger partial charge >= 0.3 is 0 Å². The third-order valence-corrected chi connectivity index (χ3v) is 6.68. The zero-order chi connectivity index (χ0) is 17.8. The van der Waals surface area contributed by atoms with Crippen LogP contribution in [0.3, 0.4) is 0 Å². The van der Waals surface area contributed by atoms with Crippen molar-refractivity contribution in [2.45, 2.75) is 83.7 Å². The predicted molar refractivity (Wildman–Crippen MR) is 104 cm³/mol. The van der Waals surface area contributed by atoms with Crippen LogP contribution in [-0.2, 0) is 19.5 Å². The van der Waals surface area contributed by atoms with Gasteiger partial charge in [0, 0.05) is 33.1 Å². The molecule has 1 spiro atoms. The number of aliphatic imine (C=N–C) groups is 1. The molecule has 6 nitrogen and oxygen atoms in total. The van der Waals surface area contributed by atoms with Gasteiger partial charge in [-0.3, -0.25) is 4.99 Å². The van der Waals surface area contributed by atoms with Crippen LogP contribution in [0.5, 0.6) is 0 Å². The minimum absolute atomic E-state index is 0.528. The Kier molecular flexibility index (Phi) is 5.46. The normalized spacial score (nSPS) is 23.6. The van der Waals surface area contributed by atoms with E-state index in [9.17, 15) is 0 Å². The van der Waals surface area contributed by atoms with Gasteiger partial charge in [-0.05, 0) is 43.9 Å².